The van der Waals surface area contributed by atoms with Crippen LogP contribution in [0.1, 0.15) is 42.1 Å². The Labute approximate surface area is 175 Å². The number of hydrogen-bond acceptors (Lipinski definition) is 3. The van der Waals surface area contributed by atoms with E-state index in [-0.39, 0.29) is 22.5 Å². The molecule has 5 nitrogen and oxygen atoms in total. The van der Waals surface area contributed by atoms with Gasteiger partial charge in [-0.25, -0.2) is 0 Å². The molecule has 1 fully saturated rings. The highest BCUT2D eigenvalue weighted by atomic mass is 32.1. The Bertz CT molecular complexity index is 896. The molecule has 0 aliphatic heterocycles. The number of nitrogens with one attached hydrogen (secondary N) is 2. The Hall–Kier alpha value is -2.43. The molecule has 1 heterocycles. The van der Waals surface area contributed by atoms with E-state index >= 15 is 0 Å². The molecule has 2 aromatic rings. The predicted octanol–water partition coefficient (Wildman–Crippen LogP) is 5.07. The van der Waals surface area contributed by atoms with Gasteiger partial charge >= 0.3 is 12.8 Å². The second-order valence-electron chi connectivity index (χ2n) is 7.06. The highest BCUT2D eigenvalue weighted by molar-refractivity contribution is 7.80. The van der Waals surface area contributed by atoms with Crippen LogP contribution >= 0.6 is 12.2 Å². The van der Waals surface area contributed by atoms with Crippen LogP contribution in [0.3, 0.4) is 0 Å². The van der Waals surface area contributed by atoms with Gasteiger partial charge in [0.1, 0.15) is 5.75 Å². The number of hydrogen-bond donors (Lipinski definition) is 2. The summed E-state index contributed by atoms with van der Waals surface area (Å²) in [5.74, 6) is 0.110. The van der Waals surface area contributed by atoms with Crippen molar-refractivity contribution in [2.45, 2.75) is 51.4 Å². The van der Waals surface area contributed by atoms with E-state index < -0.39 is 18.5 Å². The lowest BCUT2D eigenvalue weighted by molar-refractivity contribution is -0.141. The molecule has 1 aliphatic rings. The van der Waals surface area contributed by atoms with Crippen molar-refractivity contribution in [3.05, 3.63) is 41.2 Å². The molecule has 0 atom stereocenters. The van der Waals surface area contributed by atoms with Gasteiger partial charge in [-0.3, -0.25) is 4.68 Å². The molecule has 0 unspecified atom stereocenters. The van der Waals surface area contributed by atoms with Gasteiger partial charge < -0.3 is 15.4 Å². The van der Waals surface area contributed by atoms with Crippen LogP contribution in [0.2, 0.25) is 0 Å². The number of thiocarbonyl (C=S) groups is 1. The van der Waals surface area contributed by atoms with Crippen molar-refractivity contribution in [3.8, 4) is 5.75 Å². The second kappa shape index (κ2) is 9.15. The van der Waals surface area contributed by atoms with Crippen LogP contribution < -0.4 is 15.4 Å². The number of anilines is 1. The monoisotopic (exact) mass is 448 g/mol. The highest BCUT2D eigenvalue weighted by Crippen LogP contribution is 2.42. The average molecular weight is 448 g/mol. The molecule has 0 bridgehead atoms. The summed E-state index contributed by atoms with van der Waals surface area (Å²) in [5, 5.41) is 9.60. The van der Waals surface area contributed by atoms with Crippen molar-refractivity contribution in [2.75, 3.05) is 11.9 Å². The van der Waals surface area contributed by atoms with Gasteiger partial charge in [0.05, 0.1) is 5.69 Å². The largest absolute Gasteiger partial charge is 0.435 e. The Morgan fingerprint density at radius 1 is 1.30 bits per heavy atom. The minimum absolute atomic E-state index is 0.0283. The lowest BCUT2D eigenvalue weighted by Gasteiger charge is -2.15. The number of nitrogens with zero attached hydrogens (tertiary/aromatic N) is 2. The molecule has 1 aromatic carbocycles. The van der Waals surface area contributed by atoms with E-state index in [2.05, 4.69) is 20.5 Å². The Kier molecular flexibility index (Phi) is 6.79. The fraction of sp³-hybridized carbons (Fsp3) is 0.474. The van der Waals surface area contributed by atoms with Crippen LogP contribution in [0, 0.1) is 6.92 Å². The zero-order valence-electron chi connectivity index (χ0n) is 16.1. The summed E-state index contributed by atoms with van der Waals surface area (Å²) >= 11 is 5.17. The van der Waals surface area contributed by atoms with E-state index in [1.54, 1.807) is 19.1 Å². The van der Waals surface area contributed by atoms with E-state index in [1.807, 2.05) is 0 Å². The van der Waals surface area contributed by atoms with Crippen LogP contribution in [0.4, 0.5) is 27.6 Å². The van der Waals surface area contributed by atoms with E-state index in [0.29, 0.717) is 25.2 Å². The van der Waals surface area contributed by atoms with Gasteiger partial charge in [0, 0.05) is 24.7 Å². The SMILES string of the molecule is Cc1ccc(NC(=S)NCCCn2nc(C(F)(F)F)cc2C2CC2)c(OC(F)F)c1. The summed E-state index contributed by atoms with van der Waals surface area (Å²) in [5.41, 5.74) is 0.771. The van der Waals surface area contributed by atoms with Crippen LogP contribution in [0.25, 0.3) is 0 Å². The predicted molar refractivity (Wildman–Crippen MR) is 106 cm³/mol. The number of rotatable bonds is 8. The number of alkyl halides is 5. The van der Waals surface area contributed by atoms with Gasteiger partial charge in [-0.1, -0.05) is 6.07 Å². The number of halogens is 5. The third-order valence-corrected chi connectivity index (χ3v) is 4.78. The second-order valence-corrected chi connectivity index (χ2v) is 7.47. The first-order chi connectivity index (χ1) is 14.1. The van der Waals surface area contributed by atoms with Crippen molar-refractivity contribution in [2.24, 2.45) is 0 Å². The Morgan fingerprint density at radius 2 is 2.03 bits per heavy atom. The summed E-state index contributed by atoms with van der Waals surface area (Å²) in [6, 6.07) is 5.88. The molecule has 0 spiro atoms. The van der Waals surface area contributed by atoms with Gasteiger partial charge in [-0.15, -0.1) is 0 Å². The standard InChI is InChI=1S/C19H21F5N4OS/c1-11-3-6-13(15(9-11)29-17(20)21)26-18(30)25-7-2-8-28-14(12-4-5-12)10-16(27-28)19(22,23)24/h3,6,9-10,12,17H,2,4-5,7-8H2,1H3,(H2,25,26,30). The molecule has 1 aromatic heterocycles. The topological polar surface area (TPSA) is 51.1 Å². The van der Waals surface area contributed by atoms with Crippen LogP contribution in [-0.2, 0) is 12.7 Å². The van der Waals surface area contributed by atoms with E-state index in [1.165, 1.54) is 10.7 Å². The van der Waals surface area contributed by atoms with E-state index in [4.69, 9.17) is 12.2 Å². The van der Waals surface area contributed by atoms with Crippen molar-refractivity contribution >= 4 is 23.0 Å². The van der Waals surface area contributed by atoms with Crippen LogP contribution in [-0.4, -0.2) is 28.0 Å². The molecular weight excluding hydrogens is 427 g/mol. The maximum Gasteiger partial charge on any atom is 0.435 e. The Morgan fingerprint density at radius 3 is 2.67 bits per heavy atom. The maximum absolute atomic E-state index is 12.9. The summed E-state index contributed by atoms with van der Waals surface area (Å²) < 4.78 is 69.8. The molecule has 0 saturated heterocycles. The lowest BCUT2D eigenvalue weighted by atomic mass is 10.2. The fourth-order valence-electron chi connectivity index (χ4n) is 2.98. The fourth-order valence-corrected chi connectivity index (χ4v) is 3.19. The van der Waals surface area contributed by atoms with Gasteiger partial charge in [-0.05, 0) is 62.2 Å². The zero-order chi connectivity index (χ0) is 21.9. The molecule has 3 rings (SSSR count). The van der Waals surface area contributed by atoms with Crippen molar-refractivity contribution in [1.82, 2.24) is 15.1 Å². The summed E-state index contributed by atoms with van der Waals surface area (Å²) in [7, 11) is 0. The molecule has 1 saturated carbocycles. The number of benzene rings is 1. The first-order valence-corrected chi connectivity index (χ1v) is 9.79. The van der Waals surface area contributed by atoms with Gasteiger partial charge in [0.25, 0.3) is 0 Å². The van der Waals surface area contributed by atoms with E-state index in [0.717, 1.165) is 24.5 Å². The van der Waals surface area contributed by atoms with Crippen molar-refractivity contribution in [1.29, 1.82) is 0 Å². The summed E-state index contributed by atoms with van der Waals surface area (Å²) in [4.78, 5) is 0. The third-order valence-electron chi connectivity index (χ3n) is 4.53. The van der Waals surface area contributed by atoms with Gasteiger partial charge in [-0.2, -0.15) is 27.1 Å². The molecular formula is C19H21F5N4OS. The lowest BCUT2D eigenvalue weighted by Crippen LogP contribution is -2.30. The average Bonchev–Trinajstić information content (AvgIpc) is 3.39. The molecule has 0 radical (unpaired) electrons. The van der Waals surface area contributed by atoms with E-state index in [9.17, 15) is 22.0 Å². The number of aryl methyl sites for hydroxylation is 2. The van der Waals surface area contributed by atoms with Crippen molar-refractivity contribution < 1.29 is 26.7 Å². The molecule has 1 aliphatic carbocycles. The normalized spacial score (nSPS) is 14.1. The summed E-state index contributed by atoms with van der Waals surface area (Å²) in [6.07, 6.45) is -2.25. The van der Waals surface area contributed by atoms with Gasteiger partial charge in [0.15, 0.2) is 10.8 Å². The first-order valence-electron chi connectivity index (χ1n) is 9.38. The van der Waals surface area contributed by atoms with Crippen molar-refractivity contribution in [3.63, 3.8) is 0 Å². The van der Waals surface area contributed by atoms with Crippen LogP contribution in [0.15, 0.2) is 24.3 Å². The smallest absolute Gasteiger partial charge is 0.433 e. The first kappa shape index (κ1) is 22.3. The maximum atomic E-state index is 12.9. The molecule has 11 heteroatoms. The molecule has 30 heavy (non-hydrogen) atoms. The minimum atomic E-state index is -4.47. The highest BCUT2D eigenvalue weighted by Gasteiger charge is 2.37. The number of aromatic nitrogens is 2. The quantitative estimate of drug-likeness (QED) is 0.336. The van der Waals surface area contributed by atoms with Gasteiger partial charge in [0.2, 0.25) is 0 Å². The van der Waals surface area contributed by atoms with Crippen LogP contribution in [0.5, 0.6) is 5.75 Å². The minimum Gasteiger partial charge on any atom is -0.433 e. The molecule has 0 amide bonds. The Balaban J connectivity index is 1.52. The molecule has 2 N–H and O–H groups in total. The summed E-state index contributed by atoms with van der Waals surface area (Å²) in [6.45, 7) is -0.547. The third kappa shape index (κ3) is 6.04. The number of ether oxygens (including phenoxy) is 1. The zero-order valence-corrected chi connectivity index (χ0v) is 16.9. The molecule has 164 valence electrons.